The van der Waals surface area contributed by atoms with Crippen LogP contribution in [0.3, 0.4) is 0 Å². The molecule has 4 rings (SSSR count). The number of anilines is 1. The van der Waals surface area contributed by atoms with Crippen LogP contribution in [-0.2, 0) is 0 Å². The molecule has 0 atom stereocenters. The number of fused-ring (bicyclic) bond motifs is 1. The molecule has 4 nitrogen and oxygen atoms in total. The molecule has 0 aliphatic heterocycles. The molecule has 0 bridgehead atoms. The first-order valence-electron chi connectivity index (χ1n) is 6.89. The lowest BCUT2D eigenvalue weighted by atomic mass is 10.3. The Hall–Kier alpha value is -2.09. The summed E-state index contributed by atoms with van der Waals surface area (Å²) in [5, 5.41) is 6.39. The normalized spacial score (nSPS) is 11.0. The zero-order chi connectivity index (χ0) is 15.8. The zero-order valence-corrected chi connectivity index (χ0v) is 14.5. The van der Waals surface area contributed by atoms with Gasteiger partial charge in [-0.1, -0.05) is 29.5 Å². The van der Waals surface area contributed by atoms with Crippen LogP contribution in [0.1, 0.15) is 15.4 Å². The molecule has 1 amide bonds. The maximum absolute atomic E-state index is 12.5. The molecule has 0 aliphatic carbocycles. The minimum atomic E-state index is -0.151. The van der Waals surface area contributed by atoms with Gasteiger partial charge in [0.25, 0.3) is 5.91 Å². The van der Waals surface area contributed by atoms with Crippen molar-refractivity contribution in [2.24, 2.45) is 0 Å². The van der Waals surface area contributed by atoms with Crippen LogP contribution in [0.25, 0.3) is 20.1 Å². The summed E-state index contributed by atoms with van der Waals surface area (Å²) >= 11 is 4.51. The van der Waals surface area contributed by atoms with Crippen molar-refractivity contribution in [1.82, 2.24) is 9.97 Å². The van der Waals surface area contributed by atoms with Crippen molar-refractivity contribution in [3.8, 4) is 9.88 Å². The summed E-state index contributed by atoms with van der Waals surface area (Å²) in [5.41, 5.74) is 1.64. The number of aromatic nitrogens is 2. The molecule has 4 aromatic rings. The van der Waals surface area contributed by atoms with Gasteiger partial charge in [0.15, 0.2) is 5.13 Å². The van der Waals surface area contributed by atoms with E-state index < -0.39 is 0 Å². The fraction of sp³-hybridized carbons (Fsp3) is 0.0625. The van der Waals surface area contributed by atoms with Gasteiger partial charge in [0.1, 0.15) is 9.88 Å². The van der Waals surface area contributed by atoms with Crippen LogP contribution in [-0.4, -0.2) is 15.9 Å². The quantitative estimate of drug-likeness (QED) is 0.559. The molecule has 0 radical (unpaired) electrons. The van der Waals surface area contributed by atoms with Gasteiger partial charge in [-0.25, -0.2) is 9.97 Å². The van der Waals surface area contributed by atoms with E-state index in [1.165, 1.54) is 22.7 Å². The molecule has 23 heavy (non-hydrogen) atoms. The van der Waals surface area contributed by atoms with E-state index in [1.54, 1.807) is 11.3 Å². The van der Waals surface area contributed by atoms with Gasteiger partial charge in [-0.3, -0.25) is 10.1 Å². The predicted octanol–water partition coefficient (Wildman–Crippen LogP) is 5.04. The summed E-state index contributed by atoms with van der Waals surface area (Å²) in [7, 11) is 0. The third kappa shape index (κ3) is 2.78. The molecule has 114 valence electrons. The molecule has 0 spiro atoms. The van der Waals surface area contributed by atoms with E-state index in [4.69, 9.17) is 0 Å². The smallest absolute Gasteiger partial charge is 0.269 e. The Morgan fingerprint density at radius 1 is 1.09 bits per heavy atom. The fourth-order valence-electron chi connectivity index (χ4n) is 2.19. The highest BCUT2D eigenvalue weighted by Crippen LogP contribution is 2.32. The van der Waals surface area contributed by atoms with Gasteiger partial charge < -0.3 is 0 Å². The van der Waals surface area contributed by atoms with Crippen LogP contribution in [0.2, 0.25) is 0 Å². The van der Waals surface area contributed by atoms with Crippen molar-refractivity contribution in [2.45, 2.75) is 6.92 Å². The molecule has 3 aromatic heterocycles. The number of thiophene rings is 1. The molecule has 0 aliphatic rings. The molecule has 1 aromatic carbocycles. The third-order valence-corrected chi connectivity index (χ3v) is 6.40. The number of hydrogen-bond acceptors (Lipinski definition) is 6. The number of para-hydroxylation sites is 1. The van der Waals surface area contributed by atoms with Crippen LogP contribution in [0.4, 0.5) is 5.13 Å². The molecule has 0 unspecified atom stereocenters. The van der Waals surface area contributed by atoms with E-state index in [2.05, 4.69) is 15.3 Å². The molecule has 1 N–H and O–H groups in total. The zero-order valence-electron chi connectivity index (χ0n) is 12.1. The van der Waals surface area contributed by atoms with E-state index in [1.807, 2.05) is 48.7 Å². The van der Waals surface area contributed by atoms with Crippen LogP contribution in [0.5, 0.6) is 0 Å². The molecule has 3 heterocycles. The first-order chi connectivity index (χ1) is 11.2. The molecule has 0 fully saturated rings. The number of benzene rings is 1. The fourth-order valence-corrected chi connectivity index (χ4v) is 4.81. The lowest BCUT2D eigenvalue weighted by molar-refractivity contribution is 0.103. The average molecular weight is 357 g/mol. The lowest BCUT2D eigenvalue weighted by Gasteiger charge is -1.98. The highest BCUT2D eigenvalue weighted by Gasteiger charge is 2.18. The molecule has 0 saturated carbocycles. The second-order valence-electron chi connectivity index (χ2n) is 4.85. The number of hydrogen-bond donors (Lipinski definition) is 1. The van der Waals surface area contributed by atoms with Crippen molar-refractivity contribution in [1.29, 1.82) is 0 Å². The van der Waals surface area contributed by atoms with Gasteiger partial charge in [0.2, 0.25) is 0 Å². The minimum absolute atomic E-state index is 0.151. The Morgan fingerprint density at radius 3 is 2.74 bits per heavy atom. The predicted molar refractivity (Wildman–Crippen MR) is 97.7 cm³/mol. The summed E-state index contributed by atoms with van der Waals surface area (Å²) < 4.78 is 1.06. The van der Waals surface area contributed by atoms with Gasteiger partial charge in [0.05, 0.1) is 20.8 Å². The van der Waals surface area contributed by atoms with Crippen molar-refractivity contribution in [2.75, 3.05) is 5.32 Å². The second kappa shape index (κ2) is 5.84. The highest BCUT2D eigenvalue weighted by molar-refractivity contribution is 7.23. The van der Waals surface area contributed by atoms with Crippen molar-refractivity contribution in [3.05, 3.63) is 52.3 Å². The molecule has 7 heteroatoms. The number of carbonyl (C=O) groups excluding carboxylic acids is 1. The van der Waals surface area contributed by atoms with Gasteiger partial charge in [-0.2, -0.15) is 0 Å². The number of nitrogens with zero attached hydrogens (tertiary/aromatic N) is 2. The monoisotopic (exact) mass is 357 g/mol. The highest BCUT2D eigenvalue weighted by atomic mass is 32.1. The van der Waals surface area contributed by atoms with Gasteiger partial charge >= 0.3 is 0 Å². The largest absolute Gasteiger partial charge is 0.297 e. The van der Waals surface area contributed by atoms with E-state index in [9.17, 15) is 4.79 Å². The first-order valence-corrected chi connectivity index (χ1v) is 9.40. The summed E-state index contributed by atoms with van der Waals surface area (Å²) in [6, 6.07) is 11.8. The SMILES string of the molecule is Cc1nc(-c2cccs2)sc1C(=O)Nc1nc2ccccc2s1. The van der Waals surface area contributed by atoms with Crippen LogP contribution in [0.15, 0.2) is 41.8 Å². The van der Waals surface area contributed by atoms with Crippen LogP contribution in [0, 0.1) is 6.92 Å². The summed E-state index contributed by atoms with van der Waals surface area (Å²) in [6.07, 6.45) is 0. The van der Waals surface area contributed by atoms with Crippen LogP contribution < -0.4 is 5.32 Å². The maximum atomic E-state index is 12.5. The lowest BCUT2D eigenvalue weighted by Crippen LogP contribution is -2.11. The number of aryl methyl sites for hydroxylation is 1. The molecular formula is C16H11N3OS3. The summed E-state index contributed by atoms with van der Waals surface area (Å²) in [6.45, 7) is 1.86. The minimum Gasteiger partial charge on any atom is -0.297 e. The van der Waals surface area contributed by atoms with Gasteiger partial charge in [0, 0.05) is 0 Å². The average Bonchev–Trinajstić information content (AvgIpc) is 3.25. The van der Waals surface area contributed by atoms with Crippen molar-refractivity contribution in [3.63, 3.8) is 0 Å². The number of rotatable bonds is 3. The van der Waals surface area contributed by atoms with Gasteiger partial charge in [-0.15, -0.1) is 22.7 Å². The van der Waals surface area contributed by atoms with Crippen molar-refractivity contribution < 1.29 is 4.79 Å². The Labute approximate surface area is 144 Å². The first kappa shape index (κ1) is 14.5. The topological polar surface area (TPSA) is 54.9 Å². The Balaban J connectivity index is 1.61. The Kier molecular flexibility index (Phi) is 3.68. The number of carbonyl (C=O) groups is 1. The van der Waals surface area contributed by atoms with Crippen LogP contribution >= 0.6 is 34.0 Å². The Morgan fingerprint density at radius 2 is 1.96 bits per heavy atom. The maximum Gasteiger partial charge on any atom is 0.269 e. The number of nitrogens with one attached hydrogen (secondary N) is 1. The van der Waals surface area contributed by atoms with E-state index in [0.717, 1.165) is 25.8 Å². The van der Waals surface area contributed by atoms with Gasteiger partial charge in [-0.05, 0) is 30.5 Å². The Bertz CT molecular complexity index is 952. The summed E-state index contributed by atoms with van der Waals surface area (Å²) in [5.74, 6) is -0.151. The second-order valence-corrected chi connectivity index (χ2v) is 7.83. The number of thiazole rings is 2. The van der Waals surface area contributed by atoms with Crippen molar-refractivity contribution >= 4 is 55.3 Å². The standard InChI is InChI=1S/C16H11N3OS3/c1-9-13(23-15(17-9)12-7-4-8-21-12)14(20)19-16-18-10-5-2-3-6-11(10)22-16/h2-8H,1H3,(H,18,19,20). The summed E-state index contributed by atoms with van der Waals surface area (Å²) in [4.78, 5) is 23.2. The van der Waals surface area contributed by atoms with E-state index in [0.29, 0.717) is 10.0 Å². The van der Waals surface area contributed by atoms with E-state index >= 15 is 0 Å². The number of amides is 1. The third-order valence-electron chi connectivity index (χ3n) is 3.25. The van der Waals surface area contributed by atoms with E-state index in [-0.39, 0.29) is 5.91 Å². The molecule has 0 saturated heterocycles. The molecular weight excluding hydrogens is 346 g/mol.